The van der Waals surface area contributed by atoms with E-state index in [1.165, 1.54) is 0 Å². The van der Waals surface area contributed by atoms with Crippen LogP contribution >= 0.6 is 15.9 Å². The molecule has 3 heterocycles. The second-order valence-corrected chi connectivity index (χ2v) is 5.76. The number of amides is 1. The van der Waals surface area contributed by atoms with Crippen molar-refractivity contribution in [3.63, 3.8) is 0 Å². The predicted molar refractivity (Wildman–Crippen MR) is 71.2 cm³/mol. The number of halogens is 1. The van der Waals surface area contributed by atoms with Gasteiger partial charge in [0.15, 0.2) is 0 Å². The smallest absolute Gasteiger partial charge is 0.220 e. The second-order valence-electron chi connectivity index (χ2n) is 4.90. The Kier molecular flexibility index (Phi) is 3.20. The zero-order chi connectivity index (χ0) is 12.5. The van der Waals surface area contributed by atoms with Crippen LogP contribution in [0.3, 0.4) is 0 Å². The van der Waals surface area contributed by atoms with Crippen LogP contribution < -0.4 is 10.2 Å². The molecule has 1 amide bonds. The number of piperidine rings is 2. The molecule has 0 saturated carbocycles. The number of nitrogens with one attached hydrogen (secondary N) is 1. The molecule has 2 saturated heterocycles. The van der Waals surface area contributed by atoms with E-state index in [1.54, 1.807) is 12.5 Å². The van der Waals surface area contributed by atoms with Gasteiger partial charge in [0, 0.05) is 31.7 Å². The lowest BCUT2D eigenvalue weighted by molar-refractivity contribution is -0.124. The highest BCUT2D eigenvalue weighted by Gasteiger charge is 2.34. The molecule has 2 aliphatic rings. The Bertz CT molecular complexity index is 467. The zero-order valence-corrected chi connectivity index (χ0v) is 11.6. The lowest BCUT2D eigenvalue weighted by Gasteiger charge is -2.42. The predicted octanol–water partition coefficient (Wildman–Crippen LogP) is 1.34. The minimum Gasteiger partial charge on any atom is -0.355 e. The molecule has 2 unspecified atom stereocenters. The Labute approximate surface area is 114 Å². The monoisotopic (exact) mass is 310 g/mol. The average Bonchev–Trinajstić information content (AvgIpc) is 2.39. The van der Waals surface area contributed by atoms with Gasteiger partial charge in [0.1, 0.15) is 12.1 Å². The number of aromatic nitrogens is 2. The van der Waals surface area contributed by atoms with Crippen molar-refractivity contribution in [2.45, 2.75) is 25.3 Å². The molecule has 2 atom stereocenters. The maximum atomic E-state index is 11.4. The van der Waals surface area contributed by atoms with Crippen LogP contribution in [0, 0.1) is 5.92 Å². The van der Waals surface area contributed by atoms with Gasteiger partial charge >= 0.3 is 0 Å². The van der Waals surface area contributed by atoms with Gasteiger partial charge in [0.05, 0.1) is 4.47 Å². The summed E-state index contributed by atoms with van der Waals surface area (Å²) in [7, 11) is 0. The molecule has 18 heavy (non-hydrogen) atoms. The third-order valence-electron chi connectivity index (χ3n) is 3.77. The van der Waals surface area contributed by atoms with Crippen molar-refractivity contribution in [1.82, 2.24) is 15.3 Å². The Balaban J connectivity index is 1.75. The number of nitrogens with zero attached hydrogens (tertiary/aromatic N) is 3. The quantitative estimate of drug-likeness (QED) is 0.850. The second kappa shape index (κ2) is 4.84. The molecule has 5 nitrogen and oxygen atoms in total. The van der Waals surface area contributed by atoms with Gasteiger partial charge in [0.2, 0.25) is 5.91 Å². The fraction of sp³-hybridized carbons (Fsp3) is 0.583. The first-order valence-corrected chi connectivity index (χ1v) is 7.03. The van der Waals surface area contributed by atoms with Gasteiger partial charge in [-0.3, -0.25) is 4.79 Å². The van der Waals surface area contributed by atoms with Gasteiger partial charge in [-0.15, -0.1) is 0 Å². The Morgan fingerprint density at radius 1 is 1.44 bits per heavy atom. The van der Waals surface area contributed by atoms with E-state index in [0.717, 1.165) is 36.2 Å². The minimum absolute atomic E-state index is 0.202. The first kappa shape index (κ1) is 11.9. The highest BCUT2D eigenvalue weighted by molar-refractivity contribution is 9.10. The van der Waals surface area contributed by atoms with Crippen LogP contribution in [-0.2, 0) is 4.79 Å². The highest BCUT2D eigenvalue weighted by Crippen LogP contribution is 2.30. The number of fused-ring (bicyclic) bond motifs is 1. The van der Waals surface area contributed by atoms with Crippen molar-refractivity contribution < 1.29 is 4.79 Å². The van der Waals surface area contributed by atoms with Gasteiger partial charge in [-0.25, -0.2) is 9.97 Å². The third kappa shape index (κ3) is 2.21. The van der Waals surface area contributed by atoms with E-state index >= 15 is 0 Å². The highest BCUT2D eigenvalue weighted by atomic mass is 79.9. The molecule has 1 N–H and O–H groups in total. The van der Waals surface area contributed by atoms with E-state index in [-0.39, 0.29) is 5.91 Å². The first-order chi connectivity index (χ1) is 8.74. The largest absolute Gasteiger partial charge is 0.355 e. The van der Waals surface area contributed by atoms with Crippen LogP contribution in [0.4, 0.5) is 5.82 Å². The van der Waals surface area contributed by atoms with Crippen molar-refractivity contribution in [2.24, 2.45) is 5.92 Å². The summed E-state index contributed by atoms with van der Waals surface area (Å²) in [5.74, 6) is 1.70. The lowest BCUT2D eigenvalue weighted by Crippen LogP contribution is -2.54. The van der Waals surface area contributed by atoms with Gasteiger partial charge in [0.25, 0.3) is 0 Å². The number of carbonyl (C=O) groups excluding carboxylic acids is 1. The third-order valence-corrected chi connectivity index (χ3v) is 4.33. The molecule has 0 spiro atoms. The van der Waals surface area contributed by atoms with Crippen molar-refractivity contribution in [3.05, 3.63) is 17.0 Å². The molecule has 0 bridgehead atoms. The maximum absolute atomic E-state index is 11.4. The van der Waals surface area contributed by atoms with Gasteiger partial charge in [-0.05, 0) is 34.7 Å². The molecule has 2 aliphatic heterocycles. The average molecular weight is 311 g/mol. The summed E-state index contributed by atoms with van der Waals surface area (Å²) in [4.78, 5) is 22.0. The summed E-state index contributed by atoms with van der Waals surface area (Å²) >= 11 is 3.49. The molecule has 3 rings (SSSR count). The summed E-state index contributed by atoms with van der Waals surface area (Å²) in [5.41, 5.74) is 0. The topological polar surface area (TPSA) is 58.1 Å². The molecule has 2 fully saturated rings. The van der Waals surface area contributed by atoms with E-state index in [1.807, 2.05) is 0 Å². The van der Waals surface area contributed by atoms with E-state index in [0.29, 0.717) is 18.4 Å². The zero-order valence-electron chi connectivity index (χ0n) is 9.97. The van der Waals surface area contributed by atoms with Crippen LogP contribution in [0.2, 0.25) is 0 Å². The Morgan fingerprint density at radius 3 is 3.17 bits per heavy atom. The van der Waals surface area contributed by atoms with E-state index in [9.17, 15) is 4.79 Å². The number of anilines is 1. The van der Waals surface area contributed by atoms with Crippen LogP contribution in [0.15, 0.2) is 17.0 Å². The number of hydrogen-bond acceptors (Lipinski definition) is 4. The molecule has 1 aromatic rings. The Hall–Kier alpha value is -1.17. The first-order valence-electron chi connectivity index (χ1n) is 6.24. The fourth-order valence-corrected chi connectivity index (χ4v) is 3.31. The van der Waals surface area contributed by atoms with Crippen LogP contribution in [0.5, 0.6) is 0 Å². The molecule has 96 valence electrons. The van der Waals surface area contributed by atoms with Crippen molar-refractivity contribution in [3.8, 4) is 0 Å². The Morgan fingerprint density at radius 2 is 2.33 bits per heavy atom. The van der Waals surface area contributed by atoms with Gasteiger partial charge in [-0.2, -0.15) is 0 Å². The molecule has 0 aromatic carbocycles. The fourth-order valence-electron chi connectivity index (χ4n) is 2.84. The van der Waals surface area contributed by atoms with Crippen molar-refractivity contribution >= 4 is 27.7 Å². The SMILES string of the molecule is O=C1CCC2CN(c3ncncc3Br)CCC2N1. The van der Waals surface area contributed by atoms with E-state index < -0.39 is 0 Å². The molecule has 6 heteroatoms. The number of hydrogen-bond donors (Lipinski definition) is 1. The van der Waals surface area contributed by atoms with Crippen LogP contribution in [0.25, 0.3) is 0 Å². The summed E-state index contributed by atoms with van der Waals surface area (Å²) in [6, 6.07) is 0.350. The minimum atomic E-state index is 0.202. The van der Waals surface area contributed by atoms with Gasteiger partial charge < -0.3 is 10.2 Å². The summed E-state index contributed by atoms with van der Waals surface area (Å²) in [6.07, 6.45) is 5.98. The molecule has 1 aromatic heterocycles. The van der Waals surface area contributed by atoms with Crippen LogP contribution in [0.1, 0.15) is 19.3 Å². The van der Waals surface area contributed by atoms with E-state index in [4.69, 9.17) is 0 Å². The summed E-state index contributed by atoms with van der Waals surface area (Å²) < 4.78 is 0.934. The summed E-state index contributed by atoms with van der Waals surface area (Å²) in [5, 5.41) is 3.09. The van der Waals surface area contributed by atoms with Crippen LogP contribution in [-0.4, -0.2) is 35.0 Å². The molecular formula is C12H15BrN4O. The van der Waals surface area contributed by atoms with Crippen molar-refractivity contribution in [1.29, 1.82) is 0 Å². The molecule has 0 radical (unpaired) electrons. The summed E-state index contributed by atoms with van der Waals surface area (Å²) in [6.45, 7) is 1.89. The van der Waals surface area contributed by atoms with Crippen molar-refractivity contribution in [2.75, 3.05) is 18.0 Å². The molecular weight excluding hydrogens is 296 g/mol. The normalized spacial score (nSPS) is 27.6. The molecule has 0 aliphatic carbocycles. The number of carbonyl (C=O) groups is 1. The van der Waals surface area contributed by atoms with E-state index in [2.05, 4.69) is 36.1 Å². The van der Waals surface area contributed by atoms with Gasteiger partial charge in [-0.1, -0.05) is 0 Å². The number of rotatable bonds is 1. The lowest BCUT2D eigenvalue weighted by atomic mass is 9.85. The standard InChI is InChI=1S/C12H15BrN4O/c13-9-5-14-7-15-12(9)17-4-3-10-8(6-17)1-2-11(18)16-10/h5,7-8,10H,1-4,6H2,(H,16,18). The maximum Gasteiger partial charge on any atom is 0.220 e.